The van der Waals surface area contributed by atoms with E-state index in [0.717, 1.165) is 12.2 Å². The molecule has 2 aromatic heterocycles. The van der Waals surface area contributed by atoms with Crippen LogP contribution < -0.4 is 5.32 Å². The van der Waals surface area contributed by atoms with Gasteiger partial charge >= 0.3 is 0 Å². The molecule has 0 aliphatic carbocycles. The van der Waals surface area contributed by atoms with E-state index in [1.54, 1.807) is 22.7 Å². The van der Waals surface area contributed by atoms with Crippen LogP contribution in [0.1, 0.15) is 33.4 Å². The van der Waals surface area contributed by atoms with Crippen LogP contribution in [0, 0.1) is 13.8 Å². The fraction of sp³-hybridized carbons (Fsp3) is 0.417. The van der Waals surface area contributed by atoms with Crippen molar-refractivity contribution < 1.29 is 0 Å². The molecular weight excluding hydrogens is 236 g/mol. The van der Waals surface area contributed by atoms with Crippen molar-refractivity contribution in [3.63, 3.8) is 0 Å². The smallest absolute Gasteiger partial charge is 0.107 e. The Balaban J connectivity index is 1.92. The molecular formula is C12H16N2S2. The summed E-state index contributed by atoms with van der Waals surface area (Å²) in [4.78, 5) is 7.22. The molecule has 0 aromatic carbocycles. The fourth-order valence-corrected chi connectivity index (χ4v) is 3.14. The molecule has 2 heterocycles. The molecule has 0 radical (unpaired) electrons. The van der Waals surface area contributed by atoms with Gasteiger partial charge in [0.1, 0.15) is 5.01 Å². The zero-order valence-corrected chi connectivity index (χ0v) is 11.4. The van der Waals surface area contributed by atoms with Crippen molar-refractivity contribution in [2.75, 3.05) is 0 Å². The van der Waals surface area contributed by atoms with Crippen LogP contribution in [0.2, 0.25) is 0 Å². The number of nitrogens with one attached hydrogen (secondary N) is 1. The van der Waals surface area contributed by atoms with E-state index >= 15 is 0 Å². The molecule has 0 aliphatic rings. The van der Waals surface area contributed by atoms with E-state index in [4.69, 9.17) is 0 Å². The lowest BCUT2D eigenvalue weighted by atomic mass is 10.3. The molecule has 0 fully saturated rings. The highest BCUT2D eigenvalue weighted by Gasteiger charge is 2.08. The number of hydrogen-bond donors (Lipinski definition) is 1. The zero-order chi connectivity index (χ0) is 11.5. The second-order valence-electron chi connectivity index (χ2n) is 3.87. The Hall–Kier alpha value is -0.710. The average molecular weight is 252 g/mol. The number of nitrogens with zero attached hydrogens (tertiary/aromatic N) is 1. The Bertz CT molecular complexity index is 426. The summed E-state index contributed by atoms with van der Waals surface area (Å²) < 4.78 is 0. The predicted molar refractivity (Wildman–Crippen MR) is 71.2 cm³/mol. The van der Waals surface area contributed by atoms with Crippen molar-refractivity contribution in [2.45, 2.75) is 33.4 Å². The molecule has 0 aliphatic heterocycles. The fourth-order valence-electron chi connectivity index (χ4n) is 1.49. The summed E-state index contributed by atoms with van der Waals surface area (Å²) in [5, 5.41) is 6.80. The van der Waals surface area contributed by atoms with Gasteiger partial charge in [0.05, 0.1) is 5.69 Å². The molecule has 1 atom stereocenters. The minimum atomic E-state index is 0.407. The first kappa shape index (κ1) is 11.8. The molecule has 1 N–H and O–H groups in total. The summed E-state index contributed by atoms with van der Waals surface area (Å²) in [6, 6.07) is 4.67. The predicted octanol–water partition coefficient (Wildman–Crippen LogP) is 3.67. The lowest BCUT2D eigenvalue weighted by Crippen LogP contribution is -2.16. The third kappa shape index (κ3) is 2.70. The van der Waals surface area contributed by atoms with E-state index in [2.05, 4.69) is 48.6 Å². The van der Waals surface area contributed by atoms with Crippen LogP contribution in [0.3, 0.4) is 0 Å². The van der Waals surface area contributed by atoms with Crippen molar-refractivity contribution >= 4 is 22.7 Å². The molecule has 2 nitrogen and oxygen atoms in total. The Morgan fingerprint density at radius 2 is 2.25 bits per heavy atom. The lowest BCUT2D eigenvalue weighted by molar-refractivity contribution is 0.581. The molecule has 2 aromatic rings. The number of thiazole rings is 1. The van der Waals surface area contributed by atoms with Crippen molar-refractivity contribution in [1.29, 1.82) is 0 Å². The molecule has 0 spiro atoms. The standard InChI is InChI=1S/C12H16N2S2/c1-8-10(3)16-12(14-8)7-13-9(2)11-5-4-6-15-11/h4-6,9,13H,7H2,1-3H3/t9-/m1/s1. The van der Waals surface area contributed by atoms with Crippen LogP contribution in [0.25, 0.3) is 0 Å². The van der Waals surface area contributed by atoms with E-state index in [1.807, 2.05) is 0 Å². The average Bonchev–Trinajstić information content (AvgIpc) is 2.86. The molecule has 0 amide bonds. The maximum atomic E-state index is 4.52. The number of thiophene rings is 1. The van der Waals surface area contributed by atoms with Gasteiger partial charge in [0.25, 0.3) is 0 Å². The highest BCUT2D eigenvalue weighted by molar-refractivity contribution is 7.11. The summed E-state index contributed by atoms with van der Waals surface area (Å²) in [6.45, 7) is 7.24. The van der Waals surface area contributed by atoms with Crippen molar-refractivity contribution in [1.82, 2.24) is 10.3 Å². The molecule has 0 saturated carbocycles. The summed E-state index contributed by atoms with van der Waals surface area (Å²) in [5.41, 5.74) is 1.16. The largest absolute Gasteiger partial charge is 0.303 e. The second kappa shape index (κ2) is 5.08. The Kier molecular flexibility index (Phi) is 3.74. The van der Waals surface area contributed by atoms with Gasteiger partial charge in [-0.3, -0.25) is 0 Å². The minimum absolute atomic E-state index is 0.407. The normalized spacial score (nSPS) is 12.9. The second-order valence-corrected chi connectivity index (χ2v) is 6.13. The van der Waals surface area contributed by atoms with Gasteiger partial charge in [0.2, 0.25) is 0 Å². The van der Waals surface area contributed by atoms with Crippen LogP contribution in [0.5, 0.6) is 0 Å². The maximum absolute atomic E-state index is 4.52. The number of aryl methyl sites for hydroxylation is 2. The summed E-state index contributed by atoms with van der Waals surface area (Å²) in [6.07, 6.45) is 0. The van der Waals surface area contributed by atoms with Crippen LogP contribution in [-0.2, 0) is 6.54 Å². The summed E-state index contributed by atoms with van der Waals surface area (Å²) in [5.74, 6) is 0. The minimum Gasteiger partial charge on any atom is -0.303 e. The Morgan fingerprint density at radius 3 is 2.81 bits per heavy atom. The zero-order valence-electron chi connectivity index (χ0n) is 9.78. The van der Waals surface area contributed by atoms with Crippen LogP contribution in [0.4, 0.5) is 0 Å². The van der Waals surface area contributed by atoms with Crippen LogP contribution in [-0.4, -0.2) is 4.98 Å². The Labute approximate surface area is 104 Å². The third-order valence-corrected chi connectivity index (χ3v) is 4.73. The van der Waals surface area contributed by atoms with Gasteiger partial charge in [-0.25, -0.2) is 4.98 Å². The molecule has 2 rings (SSSR count). The maximum Gasteiger partial charge on any atom is 0.107 e. The number of aromatic nitrogens is 1. The van der Waals surface area contributed by atoms with E-state index in [1.165, 1.54) is 14.8 Å². The Morgan fingerprint density at radius 1 is 1.44 bits per heavy atom. The monoisotopic (exact) mass is 252 g/mol. The van der Waals surface area contributed by atoms with E-state index < -0.39 is 0 Å². The summed E-state index contributed by atoms with van der Waals surface area (Å²) >= 11 is 3.58. The molecule has 0 unspecified atom stereocenters. The first-order valence-corrected chi connectivity index (χ1v) is 7.06. The highest BCUT2D eigenvalue weighted by atomic mass is 32.1. The topological polar surface area (TPSA) is 24.9 Å². The lowest BCUT2D eigenvalue weighted by Gasteiger charge is -2.10. The molecule has 86 valence electrons. The molecule has 0 bridgehead atoms. The first-order chi connectivity index (χ1) is 7.66. The van der Waals surface area contributed by atoms with Gasteiger partial charge in [0.15, 0.2) is 0 Å². The van der Waals surface area contributed by atoms with Gasteiger partial charge in [0, 0.05) is 22.3 Å². The third-order valence-electron chi connectivity index (χ3n) is 2.60. The van der Waals surface area contributed by atoms with Crippen LogP contribution in [0.15, 0.2) is 17.5 Å². The highest BCUT2D eigenvalue weighted by Crippen LogP contribution is 2.20. The van der Waals surface area contributed by atoms with Gasteiger partial charge in [-0.05, 0) is 32.2 Å². The number of rotatable bonds is 4. The quantitative estimate of drug-likeness (QED) is 0.898. The SMILES string of the molecule is Cc1nc(CN[C@H](C)c2cccs2)sc1C. The van der Waals surface area contributed by atoms with E-state index in [9.17, 15) is 0 Å². The summed E-state index contributed by atoms with van der Waals surface area (Å²) in [7, 11) is 0. The van der Waals surface area contributed by atoms with Crippen LogP contribution >= 0.6 is 22.7 Å². The van der Waals surface area contributed by atoms with E-state index in [-0.39, 0.29) is 0 Å². The van der Waals surface area contributed by atoms with Crippen molar-refractivity contribution in [2.24, 2.45) is 0 Å². The molecule has 0 saturated heterocycles. The van der Waals surface area contributed by atoms with Crippen molar-refractivity contribution in [3.05, 3.63) is 38.0 Å². The van der Waals surface area contributed by atoms with Gasteiger partial charge in [-0.15, -0.1) is 22.7 Å². The first-order valence-electron chi connectivity index (χ1n) is 5.36. The number of hydrogen-bond acceptors (Lipinski definition) is 4. The van der Waals surface area contributed by atoms with Gasteiger partial charge in [-0.1, -0.05) is 6.07 Å². The molecule has 4 heteroatoms. The van der Waals surface area contributed by atoms with Crippen molar-refractivity contribution in [3.8, 4) is 0 Å². The van der Waals surface area contributed by atoms with E-state index in [0.29, 0.717) is 6.04 Å². The molecule has 16 heavy (non-hydrogen) atoms. The van der Waals surface area contributed by atoms with Gasteiger partial charge < -0.3 is 5.32 Å². The van der Waals surface area contributed by atoms with Gasteiger partial charge in [-0.2, -0.15) is 0 Å².